The van der Waals surface area contributed by atoms with Crippen LogP contribution in [-0.4, -0.2) is 24.4 Å². The third kappa shape index (κ3) is 2.62. The highest BCUT2D eigenvalue weighted by Crippen LogP contribution is 2.30. The van der Waals surface area contributed by atoms with Crippen molar-refractivity contribution >= 4 is 21.8 Å². The molecule has 28 heavy (non-hydrogen) atoms. The predicted octanol–water partition coefficient (Wildman–Crippen LogP) is 4.48. The van der Waals surface area contributed by atoms with Crippen LogP contribution >= 0.6 is 0 Å². The van der Waals surface area contributed by atoms with E-state index >= 15 is 4.39 Å². The number of hydrogen-bond donors (Lipinski definition) is 1. The maximum Gasteiger partial charge on any atom is 0.201 e. The number of aromatic hydroxyl groups is 1. The largest absolute Gasteiger partial charge is 0.494 e. The van der Waals surface area contributed by atoms with Crippen molar-refractivity contribution in [3.63, 3.8) is 0 Å². The van der Waals surface area contributed by atoms with E-state index in [1.807, 2.05) is 37.5 Å². The predicted molar refractivity (Wildman–Crippen MR) is 107 cm³/mol. The van der Waals surface area contributed by atoms with Crippen molar-refractivity contribution in [2.24, 2.45) is 7.05 Å². The molecule has 5 nitrogen and oxygen atoms in total. The molecule has 0 aliphatic carbocycles. The summed E-state index contributed by atoms with van der Waals surface area (Å²) in [7, 11) is 1.86. The monoisotopic (exact) mass is 372 g/mol. The molecule has 0 aliphatic heterocycles. The molecule has 1 N–H and O–H groups in total. The van der Waals surface area contributed by atoms with E-state index in [-0.39, 0.29) is 18.2 Å². The van der Waals surface area contributed by atoms with Crippen molar-refractivity contribution in [3.05, 3.63) is 78.5 Å². The summed E-state index contributed by atoms with van der Waals surface area (Å²) in [5.74, 6) is -0.208. The van der Waals surface area contributed by atoms with Gasteiger partial charge in [0.15, 0.2) is 0 Å². The van der Waals surface area contributed by atoms with E-state index in [9.17, 15) is 5.11 Å². The number of halogens is 1. The molecular weight excluding hydrogens is 355 g/mol. The summed E-state index contributed by atoms with van der Waals surface area (Å²) >= 11 is 0. The van der Waals surface area contributed by atoms with Crippen LogP contribution in [0.4, 0.5) is 4.39 Å². The number of aromatic nitrogens is 4. The fourth-order valence-electron chi connectivity index (χ4n) is 3.62. The van der Waals surface area contributed by atoms with E-state index in [0.717, 1.165) is 16.5 Å². The van der Waals surface area contributed by atoms with E-state index < -0.39 is 0 Å². The highest BCUT2D eigenvalue weighted by atomic mass is 19.1. The molecule has 0 fully saturated rings. The van der Waals surface area contributed by atoms with Gasteiger partial charge in [-0.15, -0.1) is 0 Å². The molecule has 0 aliphatic rings. The Morgan fingerprint density at radius 1 is 1.04 bits per heavy atom. The minimum Gasteiger partial charge on any atom is -0.494 e. The van der Waals surface area contributed by atoms with Gasteiger partial charge in [-0.25, -0.2) is 4.39 Å². The maximum atomic E-state index is 15.3. The Hall–Kier alpha value is -3.67. The Kier molecular flexibility index (Phi) is 3.65. The molecule has 138 valence electrons. The first kappa shape index (κ1) is 16.5. The Balaban J connectivity index is 1.56. The number of aryl methyl sites for hydroxylation is 1. The zero-order valence-electron chi connectivity index (χ0n) is 15.2. The van der Waals surface area contributed by atoms with Gasteiger partial charge in [0.25, 0.3) is 0 Å². The van der Waals surface area contributed by atoms with Gasteiger partial charge in [0.1, 0.15) is 5.82 Å². The molecule has 3 aromatic heterocycles. The highest BCUT2D eigenvalue weighted by Gasteiger charge is 2.14. The van der Waals surface area contributed by atoms with Crippen molar-refractivity contribution in [3.8, 4) is 17.0 Å². The lowest BCUT2D eigenvalue weighted by molar-refractivity contribution is 0.428. The molecule has 0 atom stereocenters. The van der Waals surface area contributed by atoms with Crippen molar-refractivity contribution in [1.29, 1.82) is 0 Å². The molecule has 6 heteroatoms. The molecule has 0 saturated carbocycles. The van der Waals surface area contributed by atoms with E-state index in [1.54, 1.807) is 45.9 Å². The molecule has 2 aromatic carbocycles. The van der Waals surface area contributed by atoms with E-state index in [2.05, 4.69) is 10.1 Å². The maximum absolute atomic E-state index is 15.3. The summed E-state index contributed by atoms with van der Waals surface area (Å²) in [6.07, 6.45) is 5.32. The van der Waals surface area contributed by atoms with Crippen molar-refractivity contribution in [1.82, 2.24) is 19.3 Å². The Labute approximate surface area is 160 Å². The molecule has 0 unspecified atom stereocenters. The van der Waals surface area contributed by atoms with Crippen molar-refractivity contribution in [2.45, 2.75) is 6.54 Å². The number of rotatable bonds is 3. The molecule has 3 heterocycles. The normalized spacial score (nSPS) is 11.5. The second-order valence-electron chi connectivity index (χ2n) is 6.87. The van der Waals surface area contributed by atoms with Crippen LogP contribution in [0.15, 0.2) is 67.1 Å². The van der Waals surface area contributed by atoms with Gasteiger partial charge < -0.3 is 9.67 Å². The zero-order valence-corrected chi connectivity index (χ0v) is 15.2. The van der Waals surface area contributed by atoms with Gasteiger partial charge >= 0.3 is 0 Å². The summed E-state index contributed by atoms with van der Waals surface area (Å²) in [6.45, 7) is 0.219. The summed E-state index contributed by atoms with van der Waals surface area (Å²) in [4.78, 5) is 4.24. The molecule has 0 radical (unpaired) electrons. The lowest BCUT2D eigenvalue weighted by atomic mass is 10.0. The van der Waals surface area contributed by atoms with Crippen LogP contribution < -0.4 is 0 Å². The van der Waals surface area contributed by atoms with Gasteiger partial charge in [0, 0.05) is 42.2 Å². The quantitative estimate of drug-likeness (QED) is 0.508. The lowest BCUT2D eigenvalue weighted by Crippen LogP contribution is -2.01. The first-order valence-electron chi connectivity index (χ1n) is 8.94. The summed E-state index contributed by atoms with van der Waals surface area (Å²) in [6, 6.07) is 14.6. The second kappa shape index (κ2) is 6.20. The summed E-state index contributed by atoms with van der Waals surface area (Å²) in [5, 5.41) is 16.4. The Bertz CT molecular complexity index is 1340. The van der Waals surface area contributed by atoms with Gasteiger partial charge in [0.05, 0.1) is 23.0 Å². The van der Waals surface area contributed by atoms with Crippen LogP contribution in [0.5, 0.6) is 5.88 Å². The van der Waals surface area contributed by atoms with E-state index in [4.69, 9.17) is 0 Å². The second-order valence-corrected chi connectivity index (χ2v) is 6.87. The fraction of sp³-hybridized carbons (Fsp3) is 0.0909. The van der Waals surface area contributed by atoms with Crippen LogP contribution in [0.25, 0.3) is 32.9 Å². The zero-order chi connectivity index (χ0) is 19.3. The molecular formula is C22H17FN4O. The minimum atomic E-state index is -0.296. The molecule has 0 amide bonds. The molecule has 5 aromatic rings. The van der Waals surface area contributed by atoms with E-state index in [0.29, 0.717) is 22.0 Å². The molecule has 0 spiro atoms. The van der Waals surface area contributed by atoms with Gasteiger partial charge in [-0.05, 0) is 29.8 Å². The highest BCUT2D eigenvalue weighted by molar-refractivity contribution is 5.85. The first-order chi connectivity index (χ1) is 13.6. The average Bonchev–Trinajstić information content (AvgIpc) is 3.22. The average molecular weight is 372 g/mol. The molecule has 0 saturated heterocycles. The standard InChI is InChI=1S/C22H17FN4O/c1-26-11-16-10-14(7-8-19(16)25-26)17-5-2-4-15(21(17)23)12-27-13-20-18(22(27)28)6-3-9-24-20/h2-11,13,28H,12H2,1H3. The minimum absolute atomic E-state index is 0.0877. The summed E-state index contributed by atoms with van der Waals surface area (Å²) < 4.78 is 18.7. The fourth-order valence-corrected chi connectivity index (χ4v) is 3.62. The van der Waals surface area contributed by atoms with Crippen molar-refractivity contribution < 1.29 is 9.50 Å². The third-order valence-electron chi connectivity index (χ3n) is 4.98. The number of hydrogen-bond acceptors (Lipinski definition) is 3. The van der Waals surface area contributed by atoms with Gasteiger partial charge in [-0.1, -0.05) is 24.3 Å². The number of pyridine rings is 1. The number of benzene rings is 2. The topological polar surface area (TPSA) is 55.9 Å². The van der Waals surface area contributed by atoms with Crippen LogP contribution in [0.2, 0.25) is 0 Å². The Morgan fingerprint density at radius 2 is 1.93 bits per heavy atom. The summed E-state index contributed by atoms with van der Waals surface area (Å²) in [5.41, 5.74) is 3.37. The van der Waals surface area contributed by atoms with Crippen LogP contribution in [0, 0.1) is 5.82 Å². The van der Waals surface area contributed by atoms with Crippen LogP contribution in [0.1, 0.15) is 5.56 Å². The van der Waals surface area contributed by atoms with E-state index in [1.165, 1.54) is 0 Å². The first-order valence-corrected chi connectivity index (χ1v) is 8.94. The number of fused-ring (bicyclic) bond motifs is 2. The SMILES string of the molecule is Cn1cc2cc(-c3cccc(Cn4cc5ncccc5c4O)c3F)ccc2n1. The third-order valence-corrected chi connectivity index (χ3v) is 4.98. The van der Waals surface area contributed by atoms with Crippen LogP contribution in [0.3, 0.4) is 0 Å². The molecule has 0 bridgehead atoms. The smallest absolute Gasteiger partial charge is 0.201 e. The Morgan fingerprint density at radius 3 is 2.79 bits per heavy atom. The lowest BCUT2D eigenvalue weighted by Gasteiger charge is -2.10. The van der Waals surface area contributed by atoms with Crippen molar-refractivity contribution in [2.75, 3.05) is 0 Å². The molecule has 5 rings (SSSR count). The van der Waals surface area contributed by atoms with Crippen LogP contribution in [-0.2, 0) is 13.6 Å². The van der Waals surface area contributed by atoms with Gasteiger partial charge in [0.2, 0.25) is 5.88 Å². The van der Waals surface area contributed by atoms with Gasteiger partial charge in [-0.3, -0.25) is 9.67 Å². The number of nitrogens with zero attached hydrogens (tertiary/aromatic N) is 4. The van der Waals surface area contributed by atoms with Gasteiger partial charge in [-0.2, -0.15) is 5.10 Å².